The summed E-state index contributed by atoms with van der Waals surface area (Å²) in [6, 6.07) is 0. The van der Waals surface area contributed by atoms with E-state index in [4.69, 9.17) is 0 Å². The first-order chi connectivity index (χ1) is 9.13. The third kappa shape index (κ3) is 1.64. The smallest absolute Gasteiger partial charge is 0.0229 e. The van der Waals surface area contributed by atoms with Crippen LogP contribution in [0.1, 0.15) is 71.6 Å². The molecule has 3 fully saturated rings. The molecule has 0 N–H and O–H groups in total. The number of fused-ring (bicyclic) bond motifs is 5. The molecule has 6 atom stereocenters. The predicted octanol–water partition coefficient (Wildman–Crippen LogP) is 5.59. The molecular weight excluding hydrogens is 228 g/mol. The summed E-state index contributed by atoms with van der Waals surface area (Å²) in [5.74, 6) is 4.21. The fraction of sp³-hybridized carbons (Fsp3) is 0.895. The van der Waals surface area contributed by atoms with Gasteiger partial charge in [-0.2, -0.15) is 0 Å². The lowest BCUT2D eigenvalue weighted by Crippen LogP contribution is -2.51. The molecule has 0 spiro atoms. The van der Waals surface area contributed by atoms with Crippen LogP contribution in [0.15, 0.2) is 12.2 Å². The molecule has 3 saturated carbocycles. The summed E-state index contributed by atoms with van der Waals surface area (Å²) in [5, 5.41) is 0. The van der Waals surface area contributed by atoms with E-state index in [0.717, 1.165) is 29.1 Å². The van der Waals surface area contributed by atoms with Crippen molar-refractivity contribution in [1.82, 2.24) is 0 Å². The Morgan fingerprint density at radius 3 is 2.68 bits per heavy atom. The lowest BCUT2D eigenvalue weighted by molar-refractivity contribution is -0.0870. The van der Waals surface area contributed by atoms with Crippen LogP contribution >= 0.6 is 0 Å². The van der Waals surface area contributed by atoms with Crippen molar-refractivity contribution in [2.45, 2.75) is 71.6 Å². The van der Waals surface area contributed by atoms with Crippen LogP contribution in [0.2, 0.25) is 0 Å². The number of hydrogen-bond acceptors (Lipinski definition) is 0. The maximum atomic E-state index is 2.65. The fourth-order valence-corrected chi connectivity index (χ4v) is 6.83. The zero-order chi connectivity index (χ0) is 13.1. The highest BCUT2D eigenvalue weighted by Crippen LogP contribution is 2.65. The van der Waals surface area contributed by atoms with Crippen LogP contribution in [0.5, 0.6) is 0 Å². The van der Waals surface area contributed by atoms with Crippen LogP contribution in [0.3, 0.4) is 0 Å². The molecule has 0 radical (unpaired) electrons. The average Bonchev–Trinajstić information content (AvgIpc) is 2.79. The summed E-state index contributed by atoms with van der Waals surface area (Å²) in [6.07, 6.45) is 18.5. The van der Waals surface area contributed by atoms with Gasteiger partial charge >= 0.3 is 0 Å². The molecule has 19 heavy (non-hydrogen) atoms. The first-order valence-corrected chi connectivity index (χ1v) is 8.78. The van der Waals surface area contributed by atoms with Gasteiger partial charge in [0.05, 0.1) is 0 Å². The molecule has 0 heterocycles. The zero-order valence-electron chi connectivity index (χ0n) is 12.8. The fourth-order valence-electron chi connectivity index (χ4n) is 6.83. The SMILES string of the molecule is C[C@]12CCC[C@@H]1[C@@H]1CC[C@H]3CC=CC[C@@]3(C)[C@@H]1CC2. The van der Waals surface area contributed by atoms with E-state index in [1.54, 1.807) is 19.3 Å². The molecule has 0 heteroatoms. The van der Waals surface area contributed by atoms with Crippen LogP contribution in [0.4, 0.5) is 0 Å². The summed E-state index contributed by atoms with van der Waals surface area (Å²) in [4.78, 5) is 0. The first kappa shape index (κ1) is 12.5. The number of rotatable bonds is 0. The maximum Gasteiger partial charge on any atom is -0.0229 e. The Morgan fingerprint density at radius 1 is 0.895 bits per heavy atom. The highest BCUT2D eigenvalue weighted by Gasteiger charge is 2.56. The second-order valence-corrected chi connectivity index (χ2v) is 8.65. The molecule has 0 amide bonds. The average molecular weight is 258 g/mol. The van der Waals surface area contributed by atoms with Crippen molar-refractivity contribution in [3.05, 3.63) is 12.2 Å². The number of hydrogen-bond donors (Lipinski definition) is 0. The highest BCUT2D eigenvalue weighted by atomic mass is 14.6. The normalized spacial score (nSPS) is 56.3. The first-order valence-electron chi connectivity index (χ1n) is 8.78. The van der Waals surface area contributed by atoms with Gasteiger partial charge in [-0.15, -0.1) is 0 Å². The summed E-state index contributed by atoms with van der Waals surface area (Å²) in [6.45, 7) is 5.27. The van der Waals surface area contributed by atoms with Gasteiger partial charge in [0.1, 0.15) is 0 Å². The van der Waals surface area contributed by atoms with Crippen molar-refractivity contribution in [2.24, 2.45) is 34.5 Å². The molecule has 0 nitrogen and oxygen atoms in total. The van der Waals surface area contributed by atoms with E-state index in [1.807, 2.05) is 0 Å². The molecule has 106 valence electrons. The molecule has 4 rings (SSSR count). The Hall–Kier alpha value is -0.260. The van der Waals surface area contributed by atoms with Crippen molar-refractivity contribution < 1.29 is 0 Å². The Labute approximate surface area is 119 Å². The molecule has 4 aliphatic carbocycles. The minimum Gasteiger partial charge on any atom is -0.0882 e. The Kier molecular flexibility index (Phi) is 2.71. The summed E-state index contributed by atoms with van der Waals surface area (Å²) in [5.41, 5.74) is 1.39. The standard InChI is InChI=1S/C19H30/c1-18-11-5-7-16(18)15-9-8-14-6-3-4-12-19(14,2)17(15)10-13-18/h3-4,14-17H,5-13H2,1-2H3/t14-,15+,16-,17-,18-,19-/m1/s1. The van der Waals surface area contributed by atoms with Gasteiger partial charge in [0.2, 0.25) is 0 Å². The zero-order valence-corrected chi connectivity index (χ0v) is 12.8. The quantitative estimate of drug-likeness (QED) is 0.497. The van der Waals surface area contributed by atoms with E-state index in [-0.39, 0.29) is 0 Å². The van der Waals surface area contributed by atoms with E-state index in [0.29, 0.717) is 5.41 Å². The van der Waals surface area contributed by atoms with Gasteiger partial charge in [-0.1, -0.05) is 32.4 Å². The molecule has 0 saturated heterocycles. The minimum absolute atomic E-state index is 0.654. The van der Waals surface area contributed by atoms with Crippen molar-refractivity contribution in [3.63, 3.8) is 0 Å². The Morgan fingerprint density at radius 2 is 1.79 bits per heavy atom. The topological polar surface area (TPSA) is 0 Å². The van der Waals surface area contributed by atoms with Crippen molar-refractivity contribution >= 4 is 0 Å². The van der Waals surface area contributed by atoms with Crippen LogP contribution in [0.25, 0.3) is 0 Å². The van der Waals surface area contributed by atoms with E-state index >= 15 is 0 Å². The Balaban J connectivity index is 1.67. The molecule has 0 aliphatic heterocycles. The summed E-state index contributed by atoms with van der Waals surface area (Å²) in [7, 11) is 0. The largest absolute Gasteiger partial charge is 0.0882 e. The Bertz CT molecular complexity index is 395. The van der Waals surface area contributed by atoms with Gasteiger partial charge in [-0.05, 0) is 85.9 Å². The van der Waals surface area contributed by atoms with Gasteiger partial charge in [0.25, 0.3) is 0 Å². The van der Waals surface area contributed by atoms with Gasteiger partial charge in [-0.25, -0.2) is 0 Å². The monoisotopic (exact) mass is 258 g/mol. The van der Waals surface area contributed by atoms with E-state index in [9.17, 15) is 0 Å². The van der Waals surface area contributed by atoms with Crippen LogP contribution in [-0.4, -0.2) is 0 Å². The molecule has 4 aliphatic rings. The molecular formula is C19H30. The highest BCUT2D eigenvalue weighted by molar-refractivity contribution is 5.10. The molecule has 0 unspecified atom stereocenters. The van der Waals surface area contributed by atoms with Gasteiger partial charge in [-0.3, -0.25) is 0 Å². The van der Waals surface area contributed by atoms with Crippen molar-refractivity contribution in [3.8, 4) is 0 Å². The van der Waals surface area contributed by atoms with E-state index < -0.39 is 0 Å². The number of allylic oxidation sites excluding steroid dienone is 2. The molecule has 0 aromatic heterocycles. The van der Waals surface area contributed by atoms with Gasteiger partial charge < -0.3 is 0 Å². The summed E-state index contributed by atoms with van der Waals surface area (Å²) >= 11 is 0. The second kappa shape index (κ2) is 4.12. The molecule has 0 aromatic rings. The van der Waals surface area contributed by atoms with Gasteiger partial charge in [0.15, 0.2) is 0 Å². The van der Waals surface area contributed by atoms with Crippen LogP contribution < -0.4 is 0 Å². The molecule has 0 aromatic carbocycles. The lowest BCUT2D eigenvalue weighted by Gasteiger charge is -2.59. The maximum absolute atomic E-state index is 2.65. The summed E-state index contributed by atoms with van der Waals surface area (Å²) < 4.78 is 0. The van der Waals surface area contributed by atoms with Crippen LogP contribution in [0, 0.1) is 34.5 Å². The van der Waals surface area contributed by atoms with Crippen molar-refractivity contribution in [1.29, 1.82) is 0 Å². The molecule has 0 bridgehead atoms. The van der Waals surface area contributed by atoms with Gasteiger partial charge in [0, 0.05) is 0 Å². The van der Waals surface area contributed by atoms with E-state index in [1.165, 1.54) is 38.5 Å². The predicted molar refractivity (Wildman–Crippen MR) is 80.9 cm³/mol. The third-order valence-corrected chi connectivity index (χ3v) is 7.99. The third-order valence-electron chi connectivity index (χ3n) is 7.99. The van der Waals surface area contributed by atoms with Crippen LogP contribution in [-0.2, 0) is 0 Å². The van der Waals surface area contributed by atoms with Crippen molar-refractivity contribution in [2.75, 3.05) is 0 Å². The van der Waals surface area contributed by atoms with E-state index in [2.05, 4.69) is 26.0 Å². The lowest BCUT2D eigenvalue weighted by atomic mass is 9.46. The minimum atomic E-state index is 0.654. The second-order valence-electron chi connectivity index (χ2n) is 8.65.